The molecule has 2 amide bonds. The van der Waals surface area contributed by atoms with E-state index in [-0.39, 0.29) is 18.6 Å². The van der Waals surface area contributed by atoms with Gasteiger partial charge in [-0.05, 0) is 36.2 Å². The number of carbonyl (C=O) groups is 2. The lowest BCUT2D eigenvalue weighted by Gasteiger charge is -2.29. The number of aryl methyl sites for hydroxylation is 1. The Labute approximate surface area is 145 Å². The van der Waals surface area contributed by atoms with Crippen molar-refractivity contribution in [1.29, 1.82) is 0 Å². The molecule has 2 aliphatic heterocycles. The summed E-state index contributed by atoms with van der Waals surface area (Å²) in [6, 6.07) is 13.0. The minimum Gasteiger partial charge on any atom is -0.454 e. The second-order valence-corrected chi connectivity index (χ2v) is 6.00. The average Bonchev–Trinajstić information content (AvgIpc) is 3.11. The Morgan fingerprint density at radius 3 is 2.84 bits per heavy atom. The number of para-hydroxylation sites is 1. The molecule has 0 aliphatic carbocycles. The van der Waals surface area contributed by atoms with Gasteiger partial charge in [0.1, 0.15) is 0 Å². The molecule has 4 rings (SSSR count). The van der Waals surface area contributed by atoms with Gasteiger partial charge in [0.15, 0.2) is 11.5 Å². The van der Waals surface area contributed by atoms with E-state index in [1.807, 2.05) is 24.3 Å². The molecule has 0 unspecified atom stereocenters. The highest BCUT2D eigenvalue weighted by Gasteiger charge is 2.23. The van der Waals surface area contributed by atoms with Crippen LogP contribution in [0.25, 0.3) is 0 Å². The van der Waals surface area contributed by atoms with E-state index in [1.54, 1.807) is 23.1 Å². The predicted octanol–water partition coefficient (Wildman–Crippen LogP) is 2.12. The Balaban J connectivity index is 1.39. The van der Waals surface area contributed by atoms with E-state index in [1.165, 1.54) is 5.56 Å². The van der Waals surface area contributed by atoms with Crippen LogP contribution in [-0.2, 0) is 11.2 Å². The number of hydrogen-bond acceptors (Lipinski definition) is 4. The summed E-state index contributed by atoms with van der Waals surface area (Å²) in [6.45, 7) is 1.01. The maximum Gasteiger partial charge on any atom is 0.251 e. The number of hydrogen-bond donors (Lipinski definition) is 1. The van der Waals surface area contributed by atoms with Crippen molar-refractivity contribution in [2.75, 3.05) is 24.8 Å². The van der Waals surface area contributed by atoms with E-state index in [0.717, 1.165) is 12.1 Å². The number of amides is 2. The zero-order valence-electron chi connectivity index (χ0n) is 13.7. The minimum atomic E-state index is -0.198. The molecule has 0 aromatic heterocycles. The summed E-state index contributed by atoms with van der Waals surface area (Å²) in [5, 5.41) is 2.86. The second-order valence-electron chi connectivity index (χ2n) is 6.00. The van der Waals surface area contributed by atoms with Crippen molar-refractivity contribution in [2.24, 2.45) is 0 Å². The summed E-state index contributed by atoms with van der Waals surface area (Å²) < 4.78 is 10.5. The van der Waals surface area contributed by atoms with E-state index >= 15 is 0 Å². The molecular weight excluding hydrogens is 320 g/mol. The van der Waals surface area contributed by atoms with Gasteiger partial charge in [0, 0.05) is 30.8 Å². The summed E-state index contributed by atoms with van der Waals surface area (Å²) in [6.07, 6.45) is 1.28. The number of ether oxygens (including phenoxy) is 2. The van der Waals surface area contributed by atoms with Crippen LogP contribution in [0.2, 0.25) is 0 Å². The van der Waals surface area contributed by atoms with Gasteiger partial charge in [0.25, 0.3) is 5.91 Å². The van der Waals surface area contributed by atoms with Crippen LogP contribution in [0.4, 0.5) is 5.69 Å². The SMILES string of the molecule is O=C(NCCN1C(=O)CCc2ccccc21)c1ccc2c(c1)OCO2. The molecule has 0 atom stereocenters. The predicted molar refractivity (Wildman–Crippen MR) is 92.0 cm³/mol. The molecule has 2 heterocycles. The fraction of sp³-hybridized carbons (Fsp3) is 0.263. The van der Waals surface area contributed by atoms with E-state index in [4.69, 9.17) is 9.47 Å². The molecule has 25 heavy (non-hydrogen) atoms. The summed E-state index contributed by atoms with van der Waals surface area (Å²) >= 11 is 0. The van der Waals surface area contributed by atoms with Gasteiger partial charge in [-0.1, -0.05) is 18.2 Å². The average molecular weight is 338 g/mol. The highest BCUT2D eigenvalue weighted by Crippen LogP contribution is 2.32. The van der Waals surface area contributed by atoms with Crippen molar-refractivity contribution in [2.45, 2.75) is 12.8 Å². The molecule has 6 nitrogen and oxygen atoms in total. The Hall–Kier alpha value is -3.02. The zero-order valence-corrected chi connectivity index (χ0v) is 13.7. The number of rotatable bonds is 4. The zero-order chi connectivity index (χ0) is 17.2. The van der Waals surface area contributed by atoms with Gasteiger partial charge in [-0.2, -0.15) is 0 Å². The van der Waals surface area contributed by atoms with Gasteiger partial charge in [0.05, 0.1) is 0 Å². The minimum absolute atomic E-state index is 0.0935. The summed E-state index contributed by atoms with van der Waals surface area (Å²) in [4.78, 5) is 26.3. The van der Waals surface area contributed by atoms with Crippen LogP contribution in [0.15, 0.2) is 42.5 Å². The van der Waals surface area contributed by atoms with Crippen molar-refractivity contribution in [3.8, 4) is 11.5 Å². The van der Waals surface area contributed by atoms with Crippen LogP contribution < -0.4 is 19.7 Å². The lowest BCUT2D eigenvalue weighted by atomic mass is 10.0. The maximum atomic E-state index is 12.3. The van der Waals surface area contributed by atoms with Crippen molar-refractivity contribution in [3.05, 3.63) is 53.6 Å². The molecule has 128 valence electrons. The fourth-order valence-corrected chi connectivity index (χ4v) is 3.16. The third kappa shape index (κ3) is 3.03. The van der Waals surface area contributed by atoms with Gasteiger partial charge in [-0.25, -0.2) is 0 Å². The first kappa shape index (κ1) is 15.5. The Kier molecular flexibility index (Phi) is 4.01. The topological polar surface area (TPSA) is 67.9 Å². The molecule has 0 spiro atoms. The monoisotopic (exact) mass is 338 g/mol. The van der Waals surface area contributed by atoms with Crippen LogP contribution in [0.3, 0.4) is 0 Å². The normalized spacial score (nSPS) is 15.0. The number of anilines is 1. The molecule has 0 radical (unpaired) electrons. The summed E-state index contributed by atoms with van der Waals surface area (Å²) in [5.74, 6) is 1.12. The number of carbonyl (C=O) groups excluding carboxylic acids is 2. The van der Waals surface area contributed by atoms with Crippen LogP contribution in [0.5, 0.6) is 11.5 Å². The van der Waals surface area contributed by atoms with Gasteiger partial charge >= 0.3 is 0 Å². The van der Waals surface area contributed by atoms with Crippen LogP contribution in [-0.4, -0.2) is 31.7 Å². The second kappa shape index (κ2) is 6.47. The smallest absolute Gasteiger partial charge is 0.251 e. The first-order chi connectivity index (χ1) is 12.2. The molecule has 2 aliphatic rings. The van der Waals surface area contributed by atoms with E-state index in [2.05, 4.69) is 5.32 Å². The number of fused-ring (bicyclic) bond motifs is 2. The Bertz CT molecular complexity index is 834. The lowest BCUT2D eigenvalue weighted by molar-refractivity contribution is -0.118. The number of benzene rings is 2. The maximum absolute atomic E-state index is 12.3. The van der Waals surface area contributed by atoms with Gasteiger partial charge in [0.2, 0.25) is 12.7 Å². The molecule has 6 heteroatoms. The molecule has 0 bridgehead atoms. The first-order valence-electron chi connectivity index (χ1n) is 8.28. The van der Waals surface area contributed by atoms with E-state index in [0.29, 0.717) is 36.6 Å². The highest BCUT2D eigenvalue weighted by molar-refractivity contribution is 5.97. The quantitative estimate of drug-likeness (QED) is 0.927. The van der Waals surface area contributed by atoms with Crippen molar-refractivity contribution in [1.82, 2.24) is 5.32 Å². The van der Waals surface area contributed by atoms with Gasteiger partial charge < -0.3 is 19.7 Å². The fourth-order valence-electron chi connectivity index (χ4n) is 3.16. The Morgan fingerprint density at radius 2 is 1.92 bits per heavy atom. The highest BCUT2D eigenvalue weighted by atomic mass is 16.7. The number of nitrogens with zero attached hydrogens (tertiary/aromatic N) is 1. The molecule has 0 saturated carbocycles. The molecular formula is C19H18N2O4. The standard InChI is InChI=1S/C19H18N2O4/c22-18-8-6-13-3-1-2-4-15(13)21(18)10-9-20-19(23)14-5-7-16-17(11-14)25-12-24-16/h1-5,7,11H,6,8-10,12H2,(H,20,23). The van der Waals surface area contributed by atoms with Gasteiger partial charge in [-0.3, -0.25) is 9.59 Å². The third-order valence-corrected chi connectivity index (χ3v) is 4.45. The molecule has 2 aromatic carbocycles. The molecule has 2 aromatic rings. The molecule has 1 N–H and O–H groups in total. The van der Waals surface area contributed by atoms with Crippen molar-refractivity contribution in [3.63, 3.8) is 0 Å². The third-order valence-electron chi connectivity index (χ3n) is 4.45. The van der Waals surface area contributed by atoms with Crippen molar-refractivity contribution >= 4 is 17.5 Å². The van der Waals surface area contributed by atoms with E-state index < -0.39 is 0 Å². The van der Waals surface area contributed by atoms with E-state index in [9.17, 15) is 9.59 Å². The first-order valence-corrected chi connectivity index (χ1v) is 8.28. The Morgan fingerprint density at radius 1 is 1.08 bits per heavy atom. The summed E-state index contributed by atoms with van der Waals surface area (Å²) in [7, 11) is 0. The van der Waals surface area contributed by atoms with Crippen LogP contribution in [0, 0.1) is 0 Å². The van der Waals surface area contributed by atoms with Crippen molar-refractivity contribution < 1.29 is 19.1 Å². The van der Waals surface area contributed by atoms with Crippen LogP contribution >= 0.6 is 0 Å². The van der Waals surface area contributed by atoms with Crippen LogP contribution in [0.1, 0.15) is 22.3 Å². The largest absolute Gasteiger partial charge is 0.454 e. The lowest BCUT2D eigenvalue weighted by Crippen LogP contribution is -2.41. The van der Waals surface area contributed by atoms with Gasteiger partial charge in [-0.15, -0.1) is 0 Å². The summed E-state index contributed by atoms with van der Waals surface area (Å²) in [5.41, 5.74) is 2.62. The molecule has 0 saturated heterocycles. The number of nitrogens with one attached hydrogen (secondary N) is 1. The molecule has 0 fully saturated rings.